The maximum absolute atomic E-state index is 12.2. The Bertz CT molecular complexity index is 635. The van der Waals surface area contributed by atoms with Gasteiger partial charge < -0.3 is 20.9 Å². The second-order valence-corrected chi connectivity index (χ2v) is 6.80. The number of likely N-dealkylation sites (N-methyl/N-ethyl adjacent to an activating group) is 1. The summed E-state index contributed by atoms with van der Waals surface area (Å²) in [5.41, 5.74) is 1.67. The quantitative estimate of drug-likeness (QED) is 0.789. The van der Waals surface area contributed by atoms with E-state index in [1.807, 2.05) is 27.7 Å². The van der Waals surface area contributed by atoms with Crippen molar-refractivity contribution in [2.45, 2.75) is 40.2 Å². The van der Waals surface area contributed by atoms with E-state index >= 15 is 0 Å². The smallest absolute Gasteiger partial charge is 0.322 e. The van der Waals surface area contributed by atoms with Crippen LogP contribution < -0.4 is 16.0 Å². The molecule has 0 aliphatic carbocycles. The third kappa shape index (κ3) is 6.68. The molecule has 0 saturated carbocycles. The number of hydrogen-bond donors (Lipinski definition) is 3. The van der Waals surface area contributed by atoms with Crippen molar-refractivity contribution in [2.75, 3.05) is 24.2 Å². The van der Waals surface area contributed by atoms with Crippen LogP contribution >= 0.6 is 0 Å². The zero-order valence-electron chi connectivity index (χ0n) is 15.1. The maximum atomic E-state index is 12.2. The summed E-state index contributed by atoms with van der Waals surface area (Å²) in [6.07, 6.45) is 0. The van der Waals surface area contributed by atoms with Crippen LogP contribution in [0.1, 0.15) is 33.3 Å². The largest absolute Gasteiger partial charge is 0.350 e. The molecule has 7 heteroatoms. The molecule has 4 amide bonds. The van der Waals surface area contributed by atoms with Gasteiger partial charge >= 0.3 is 6.03 Å². The Labute approximate surface area is 142 Å². The maximum Gasteiger partial charge on any atom is 0.322 e. The van der Waals surface area contributed by atoms with Crippen molar-refractivity contribution in [2.24, 2.45) is 0 Å². The summed E-state index contributed by atoms with van der Waals surface area (Å²) >= 11 is 0. The van der Waals surface area contributed by atoms with E-state index in [2.05, 4.69) is 16.0 Å². The van der Waals surface area contributed by atoms with Gasteiger partial charge in [-0.3, -0.25) is 9.59 Å². The fourth-order valence-electron chi connectivity index (χ4n) is 1.99. The standard InChI is InChI=1S/C17H26N4O3/c1-11-7-8-13(18-12(2)22)9-14(11)19-16(24)21(6)10-15(23)20-17(3,4)5/h7-9H,10H2,1-6H3,(H,18,22)(H,19,24)(H,20,23). The molecule has 1 aromatic carbocycles. The second-order valence-electron chi connectivity index (χ2n) is 6.80. The lowest BCUT2D eigenvalue weighted by molar-refractivity contribution is -0.122. The number of urea groups is 1. The first-order valence-corrected chi connectivity index (χ1v) is 7.69. The van der Waals surface area contributed by atoms with Crippen LogP contribution in [0, 0.1) is 6.92 Å². The molecule has 1 rings (SSSR count). The molecule has 0 fully saturated rings. The van der Waals surface area contributed by atoms with Gasteiger partial charge in [0.05, 0.1) is 0 Å². The fraction of sp³-hybridized carbons (Fsp3) is 0.471. The van der Waals surface area contributed by atoms with Crippen molar-refractivity contribution in [3.8, 4) is 0 Å². The highest BCUT2D eigenvalue weighted by atomic mass is 16.2. The van der Waals surface area contributed by atoms with Crippen LogP contribution in [0.5, 0.6) is 0 Å². The van der Waals surface area contributed by atoms with Crippen LogP contribution in [0.4, 0.5) is 16.2 Å². The van der Waals surface area contributed by atoms with Crippen molar-refractivity contribution in [1.82, 2.24) is 10.2 Å². The van der Waals surface area contributed by atoms with Crippen molar-refractivity contribution in [1.29, 1.82) is 0 Å². The van der Waals surface area contributed by atoms with E-state index in [4.69, 9.17) is 0 Å². The molecule has 3 N–H and O–H groups in total. The van der Waals surface area contributed by atoms with E-state index in [1.165, 1.54) is 11.8 Å². The first-order valence-electron chi connectivity index (χ1n) is 7.69. The highest BCUT2D eigenvalue weighted by Gasteiger charge is 2.18. The van der Waals surface area contributed by atoms with E-state index in [0.29, 0.717) is 11.4 Å². The molecule has 0 aliphatic rings. The van der Waals surface area contributed by atoms with Gasteiger partial charge in [-0.05, 0) is 45.4 Å². The SMILES string of the molecule is CC(=O)Nc1ccc(C)c(NC(=O)N(C)CC(=O)NC(C)(C)C)c1. The number of carbonyl (C=O) groups excluding carboxylic acids is 3. The average molecular weight is 334 g/mol. The lowest BCUT2D eigenvalue weighted by Crippen LogP contribution is -2.47. The minimum Gasteiger partial charge on any atom is -0.350 e. The molecule has 0 heterocycles. The minimum absolute atomic E-state index is 0.0481. The number of nitrogens with one attached hydrogen (secondary N) is 3. The summed E-state index contributed by atoms with van der Waals surface area (Å²) in [4.78, 5) is 36.6. The van der Waals surface area contributed by atoms with E-state index in [1.54, 1.807) is 25.2 Å². The fourth-order valence-corrected chi connectivity index (χ4v) is 1.99. The van der Waals surface area contributed by atoms with Crippen molar-refractivity contribution in [3.63, 3.8) is 0 Å². The number of hydrogen-bond acceptors (Lipinski definition) is 3. The van der Waals surface area contributed by atoms with Crippen molar-refractivity contribution < 1.29 is 14.4 Å². The Hall–Kier alpha value is -2.57. The van der Waals surface area contributed by atoms with Gasteiger partial charge in [0.1, 0.15) is 6.54 Å². The number of carbonyl (C=O) groups is 3. The number of nitrogens with zero attached hydrogens (tertiary/aromatic N) is 1. The zero-order chi connectivity index (χ0) is 18.5. The minimum atomic E-state index is -0.401. The van der Waals surface area contributed by atoms with Gasteiger partial charge in [0.25, 0.3) is 0 Å². The molecule has 0 atom stereocenters. The molecule has 0 unspecified atom stereocenters. The Morgan fingerprint density at radius 3 is 2.29 bits per heavy atom. The number of anilines is 2. The number of benzene rings is 1. The lowest BCUT2D eigenvalue weighted by atomic mass is 10.1. The van der Waals surface area contributed by atoms with Crippen LogP contribution in [0.15, 0.2) is 18.2 Å². The Morgan fingerprint density at radius 2 is 1.75 bits per heavy atom. The monoisotopic (exact) mass is 334 g/mol. The van der Waals surface area contributed by atoms with Crippen LogP contribution in [0.3, 0.4) is 0 Å². The van der Waals surface area contributed by atoms with Gasteiger partial charge in [0.15, 0.2) is 0 Å². The first-order chi connectivity index (χ1) is 11.0. The molecule has 0 saturated heterocycles. The van der Waals surface area contributed by atoms with Crippen LogP contribution in [-0.4, -0.2) is 41.9 Å². The van der Waals surface area contributed by atoms with Gasteiger partial charge in [-0.25, -0.2) is 4.79 Å². The van der Waals surface area contributed by atoms with E-state index in [9.17, 15) is 14.4 Å². The normalized spacial score (nSPS) is 10.8. The van der Waals surface area contributed by atoms with Crippen LogP contribution in [0.2, 0.25) is 0 Å². The Balaban J connectivity index is 2.73. The van der Waals surface area contributed by atoms with Gasteiger partial charge in [-0.1, -0.05) is 6.07 Å². The Morgan fingerprint density at radius 1 is 1.12 bits per heavy atom. The molecule has 1 aromatic rings. The zero-order valence-corrected chi connectivity index (χ0v) is 15.1. The molecule has 0 aromatic heterocycles. The average Bonchev–Trinajstić information content (AvgIpc) is 2.39. The summed E-state index contributed by atoms with van der Waals surface area (Å²) in [6, 6.07) is 4.83. The summed E-state index contributed by atoms with van der Waals surface area (Å²) in [5, 5.41) is 8.22. The topological polar surface area (TPSA) is 90.5 Å². The van der Waals surface area contributed by atoms with Gasteiger partial charge in [0.2, 0.25) is 11.8 Å². The molecule has 7 nitrogen and oxygen atoms in total. The summed E-state index contributed by atoms with van der Waals surface area (Å²) in [5.74, 6) is -0.420. The van der Waals surface area contributed by atoms with E-state index < -0.39 is 6.03 Å². The second kappa shape index (κ2) is 7.81. The van der Waals surface area contributed by atoms with Gasteiger partial charge in [0, 0.05) is 30.9 Å². The summed E-state index contributed by atoms with van der Waals surface area (Å²) < 4.78 is 0. The first kappa shape index (κ1) is 19.5. The number of aryl methyl sites for hydroxylation is 1. The van der Waals surface area contributed by atoms with Crippen molar-refractivity contribution in [3.05, 3.63) is 23.8 Å². The summed E-state index contributed by atoms with van der Waals surface area (Å²) in [6.45, 7) is 8.85. The predicted octanol–water partition coefficient (Wildman–Crippen LogP) is 2.33. The Kier molecular flexibility index (Phi) is 6.34. The third-order valence-electron chi connectivity index (χ3n) is 3.04. The van der Waals surface area contributed by atoms with E-state index in [0.717, 1.165) is 5.56 Å². The van der Waals surface area contributed by atoms with Crippen LogP contribution in [-0.2, 0) is 9.59 Å². The summed E-state index contributed by atoms with van der Waals surface area (Å²) in [7, 11) is 1.55. The molecule has 0 spiro atoms. The van der Waals surface area contributed by atoms with E-state index in [-0.39, 0.29) is 23.9 Å². The molecule has 24 heavy (non-hydrogen) atoms. The van der Waals surface area contributed by atoms with Gasteiger partial charge in [-0.15, -0.1) is 0 Å². The lowest BCUT2D eigenvalue weighted by Gasteiger charge is -2.24. The molecule has 132 valence electrons. The molecule has 0 radical (unpaired) electrons. The van der Waals surface area contributed by atoms with Crippen LogP contribution in [0.25, 0.3) is 0 Å². The number of amides is 4. The highest BCUT2D eigenvalue weighted by Crippen LogP contribution is 2.20. The highest BCUT2D eigenvalue weighted by molar-refractivity contribution is 5.94. The van der Waals surface area contributed by atoms with Crippen molar-refractivity contribution >= 4 is 29.2 Å². The number of rotatable bonds is 4. The molecular weight excluding hydrogens is 308 g/mol. The van der Waals surface area contributed by atoms with Gasteiger partial charge in [-0.2, -0.15) is 0 Å². The molecular formula is C17H26N4O3. The third-order valence-corrected chi connectivity index (χ3v) is 3.04. The predicted molar refractivity (Wildman–Crippen MR) is 95.0 cm³/mol. The molecule has 0 bridgehead atoms. The molecule has 0 aliphatic heterocycles.